The summed E-state index contributed by atoms with van der Waals surface area (Å²) in [6.07, 6.45) is 1.51. The van der Waals surface area contributed by atoms with Gasteiger partial charge in [-0.2, -0.15) is 0 Å². The molecule has 0 spiro atoms. The lowest BCUT2D eigenvalue weighted by atomic mass is 10.1. The fourth-order valence-electron chi connectivity index (χ4n) is 1.62. The summed E-state index contributed by atoms with van der Waals surface area (Å²) >= 11 is 0. The average molecular weight is 263 g/mol. The number of hydrogen-bond donors (Lipinski definition) is 1. The molecule has 0 saturated heterocycles. The number of ether oxygens (including phenoxy) is 3. The molecule has 6 nitrogen and oxygen atoms in total. The Morgan fingerprint density at radius 2 is 2.05 bits per heavy atom. The molecule has 1 aliphatic rings. The van der Waals surface area contributed by atoms with Gasteiger partial charge in [0.2, 0.25) is 12.7 Å². The fourth-order valence-corrected chi connectivity index (χ4v) is 1.62. The number of nitrogens with one attached hydrogen (secondary N) is 1. The third kappa shape index (κ3) is 3.04. The molecular formula is C13H13NO5. The second kappa shape index (κ2) is 5.43. The molecule has 1 aromatic rings. The smallest absolute Gasteiger partial charge is 0.354 e. The molecule has 1 amide bonds. The molecule has 6 heteroatoms. The molecule has 0 aromatic heterocycles. The molecule has 1 N–H and O–H groups in total. The zero-order valence-electron chi connectivity index (χ0n) is 10.6. The van der Waals surface area contributed by atoms with E-state index in [-0.39, 0.29) is 18.4 Å². The number of benzene rings is 1. The zero-order valence-corrected chi connectivity index (χ0v) is 10.6. The maximum atomic E-state index is 11.5. The van der Waals surface area contributed by atoms with Gasteiger partial charge in [0.05, 0.1) is 7.11 Å². The standard InChI is InChI=1S/C13H13NO5/c1-8(15)14-10(13(16)17-2)5-9-3-4-11-12(6-9)19-7-18-11/h3-6H,7H2,1-2H3,(H,14,15)/b10-5+. The summed E-state index contributed by atoms with van der Waals surface area (Å²) in [5.74, 6) is 0.280. The largest absolute Gasteiger partial charge is 0.464 e. The molecule has 19 heavy (non-hydrogen) atoms. The first-order valence-corrected chi connectivity index (χ1v) is 5.57. The van der Waals surface area contributed by atoms with Crippen molar-refractivity contribution in [3.63, 3.8) is 0 Å². The van der Waals surface area contributed by atoms with Gasteiger partial charge in [0, 0.05) is 6.92 Å². The molecule has 0 bridgehead atoms. The van der Waals surface area contributed by atoms with Crippen LogP contribution in [0, 0.1) is 0 Å². The SMILES string of the molecule is COC(=O)/C(=C\c1ccc2c(c1)OCO2)NC(C)=O. The molecule has 0 unspecified atom stereocenters. The van der Waals surface area contributed by atoms with Crippen molar-refractivity contribution in [3.05, 3.63) is 29.5 Å². The Bertz CT molecular complexity index is 550. The number of hydrogen-bond acceptors (Lipinski definition) is 5. The summed E-state index contributed by atoms with van der Waals surface area (Å²) in [7, 11) is 1.25. The topological polar surface area (TPSA) is 73.9 Å². The second-order valence-corrected chi connectivity index (χ2v) is 3.84. The Hall–Kier alpha value is -2.50. The van der Waals surface area contributed by atoms with Crippen molar-refractivity contribution in [1.29, 1.82) is 0 Å². The van der Waals surface area contributed by atoms with Crippen LogP contribution in [0.15, 0.2) is 23.9 Å². The lowest BCUT2D eigenvalue weighted by Crippen LogP contribution is -2.25. The van der Waals surface area contributed by atoms with Crippen molar-refractivity contribution in [2.24, 2.45) is 0 Å². The first-order valence-electron chi connectivity index (χ1n) is 5.57. The van der Waals surface area contributed by atoms with Gasteiger partial charge in [-0.1, -0.05) is 6.07 Å². The summed E-state index contributed by atoms with van der Waals surface area (Å²) < 4.78 is 15.0. The number of fused-ring (bicyclic) bond motifs is 1. The van der Waals surface area contributed by atoms with Crippen molar-refractivity contribution >= 4 is 18.0 Å². The first-order chi connectivity index (χ1) is 9.10. The van der Waals surface area contributed by atoms with E-state index in [9.17, 15) is 9.59 Å². The Morgan fingerprint density at radius 1 is 1.32 bits per heavy atom. The van der Waals surface area contributed by atoms with Gasteiger partial charge in [0.1, 0.15) is 5.70 Å². The lowest BCUT2D eigenvalue weighted by molar-refractivity contribution is -0.137. The van der Waals surface area contributed by atoms with Crippen LogP contribution < -0.4 is 14.8 Å². The van der Waals surface area contributed by atoms with E-state index in [1.165, 1.54) is 20.1 Å². The Labute approximate surface area is 110 Å². The van der Waals surface area contributed by atoms with Crippen LogP contribution in [-0.4, -0.2) is 25.8 Å². The molecular weight excluding hydrogens is 250 g/mol. The molecule has 0 aliphatic carbocycles. The fraction of sp³-hybridized carbons (Fsp3) is 0.231. The third-order valence-electron chi connectivity index (χ3n) is 2.42. The van der Waals surface area contributed by atoms with Crippen LogP contribution in [0.3, 0.4) is 0 Å². The minimum absolute atomic E-state index is 0.0638. The Balaban J connectivity index is 2.29. The molecule has 0 fully saturated rings. The monoisotopic (exact) mass is 263 g/mol. The molecule has 1 aliphatic heterocycles. The number of carbonyl (C=O) groups is 2. The highest BCUT2D eigenvalue weighted by Crippen LogP contribution is 2.32. The van der Waals surface area contributed by atoms with Crippen LogP contribution in [0.1, 0.15) is 12.5 Å². The number of methoxy groups -OCH3 is 1. The van der Waals surface area contributed by atoms with E-state index in [1.54, 1.807) is 18.2 Å². The van der Waals surface area contributed by atoms with Gasteiger partial charge in [0.25, 0.3) is 0 Å². The highest BCUT2D eigenvalue weighted by Gasteiger charge is 2.15. The maximum absolute atomic E-state index is 11.5. The summed E-state index contributed by atoms with van der Waals surface area (Å²) in [4.78, 5) is 22.6. The van der Waals surface area contributed by atoms with Gasteiger partial charge < -0.3 is 19.5 Å². The molecule has 2 rings (SSSR count). The summed E-state index contributed by atoms with van der Waals surface area (Å²) in [5.41, 5.74) is 0.757. The van der Waals surface area contributed by atoms with E-state index in [2.05, 4.69) is 10.1 Å². The number of carbonyl (C=O) groups excluding carboxylic acids is 2. The van der Waals surface area contributed by atoms with Crippen molar-refractivity contribution < 1.29 is 23.8 Å². The molecule has 0 saturated carbocycles. The van der Waals surface area contributed by atoms with Gasteiger partial charge in [-0.25, -0.2) is 4.79 Å². The number of amides is 1. The van der Waals surface area contributed by atoms with Gasteiger partial charge in [-0.3, -0.25) is 4.79 Å². The van der Waals surface area contributed by atoms with Gasteiger partial charge in [0.15, 0.2) is 11.5 Å². The highest BCUT2D eigenvalue weighted by molar-refractivity contribution is 5.97. The quantitative estimate of drug-likeness (QED) is 0.652. The van der Waals surface area contributed by atoms with E-state index in [1.807, 2.05) is 0 Å². The lowest BCUT2D eigenvalue weighted by Gasteiger charge is -2.06. The van der Waals surface area contributed by atoms with Gasteiger partial charge >= 0.3 is 5.97 Å². The van der Waals surface area contributed by atoms with Crippen LogP contribution in [-0.2, 0) is 14.3 Å². The first kappa shape index (κ1) is 12.9. The van der Waals surface area contributed by atoms with Crippen LogP contribution in [0.2, 0.25) is 0 Å². The predicted octanol–water partition coefficient (Wildman–Crippen LogP) is 1.07. The van der Waals surface area contributed by atoms with E-state index >= 15 is 0 Å². The van der Waals surface area contributed by atoms with Crippen molar-refractivity contribution in [3.8, 4) is 11.5 Å². The van der Waals surface area contributed by atoms with Crippen molar-refractivity contribution in [2.75, 3.05) is 13.9 Å². The van der Waals surface area contributed by atoms with Gasteiger partial charge in [-0.05, 0) is 23.8 Å². The molecule has 1 heterocycles. The van der Waals surface area contributed by atoms with Crippen LogP contribution in [0.25, 0.3) is 6.08 Å². The van der Waals surface area contributed by atoms with Gasteiger partial charge in [-0.15, -0.1) is 0 Å². The van der Waals surface area contributed by atoms with E-state index < -0.39 is 5.97 Å². The van der Waals surface area contributed by atoms with E-state index in [0.717, 1.165) is 0 Å². The highest BCUT2D eigenvalue weighted by atomic mass is 16.7. The van der Waals surface area contributed by atoms with E-state index in [0.29, 0.717) is 17.1 Å². The number of rotatable bonds is 3. The zero-order chi connectivity index (χ0) is 13.8. The predicted molar refractivity (Wildman–Crippen MR) is 66.4 cm³/mol. The molecule has 0 atom stereocenters. The average Bonchev–Trinajstić information content (AvgIpc) is 2.84. The Morgan fingerprint density at radius 3 is 2.74 bits per heavy atom. The Kier molecular flexibility index (Phi) is 3.70. The molecule has 0 radical (unpaired) electrons. The van der Waals surface area contributed by atoms with Crippen LogP contribution >= 0.6 is 0 Å². The molecule has 100 valence electrons. The second-order valence-electron chi connectivity index (χ2n) is 3.84. The molecule has 1 aromatic carbocycles. The van der Waals surface area contributed by atoms with Crippen molar-refractivity contribution in [2.45, 2.75) is 6.92 Å². The summed E-state index contributed by atoms with van der Waals surface area (Å²) in [5, 5.41) is 2.42. The number of esters is 1. The summed E-state index contributed by atoms with van der Waals surface area (Å²) in [6, 6.07) is 5.20. The van der Waals surface area contributed by atoms with Crippen LogP contribution in [0.4, 0.5) is 0 Å². The third-order valence-corrected chi connectivity index (χ3v) is 2.42. The summed E-state index contributed by atoms with van der Waals surface area (Å²) in [6.45, 7) is 1.49. The van der Waals surface area contributed by atoms with Crippen molar-refractivity contribution in [1.82, 2.24) is 5.32 Å². The normalized spacial score (nSPS) is 13.1. The van der Waals surface area contributed by atoms with Crippen LogP contribution in [0.5, 0.6) is 11.5 Å². The minimum atomic E-state index is -0.618. The maximum Gasteiger partial charge on any atom is 0.354 e. The minimum Gasteiger partial charge on any atom is -0.464 e. The van der Waals surface area contributed by atoms with E-state index in [4.69, 9.17) is 9.47 Å².